The summed E-state index contributed by atoms with van der Waals surface area (Å²) in [5, 5.41) is 4.07. The van der Waals surface area contributed by atoms with E-state index in [2.05, 4.69) is 10.1 Å². The predicted octanol–water partition coefficient (Wildman–Crippen LogP) is 1.56. The molecule has 1 heterocycles. The fourth-order valence-electron chi connectivity index (χ4n) is 1.70. The molecule has 2 N–H and O–H groups in total. The molecular weight excluding hydrogens is 272 g/mol. The Balaban J connectivity index is 1.79. The minimum absolute atomic E-state index is 0.0715. The summed E-state index contributed by atoms with van der Waals surface area (Å²) in [4.78, 5) is 15.7. The summed E-state index contributed by atoms with van der Waals surface area (Å²) in [5.41, 5.74) is 6.20. The molecule has 0 aliphatic heterocycles. The van der Waals surface area contributed by atoms with Crippen LogP contribution in [0.4, 0.5) is 5.69 Å². The van der Waals surface area contributed by atoms with Gasteiger partial charge in [-0.05, 0) is 38.1 Å². The molecule has 0 bridgehead atoms. The summed E-state index contributed by atoms with van der Waals surface area (Å²) < 4.78 is 12.1. The first-order chi connectivity index (χ1) is 10.1. The number of carbonyl (C=O) groups is 1. The van der Waals surface area contributed by atoms with E-state index < -0.39 is 5.97 Å². The van der Waals surface area contributed by atoms with Gasteiger partial charge in [-0.25, -0.2) is 14.5 Å². The molecular formula is C14H18N4O3. The van der Waals surface area contributed by atoms with Crippen molar-refractivity contribution in [1.29, 1.82) is 0 Å². The highest BCUT2D eigenvalue weighted by atomic mass is 16.6. The summed E-state index contributed by atoms with van der Waals surface area (Å²) in [5.74, 6) is 0.697. The van der Waals surface area contributed by atoms with Gasteiger partial charge in [0.25, 0.3) is 0 Å². The first kappa shape index (κ1) is 14.8. The largest absolute Gasteiger partial charge is 0.482 e. The number of aromatic nitrogens is 3. The van der Waals surface area contributed by atoms with E-state index >= 15 is 0 Å². The first-order valence-corrected chi connectivity index (χ1v) is 6.58. The molecule has 0 amide bonds. The van der Waals surface area contributed by atoms with Crippen LogP contribution in [0.2, 0.25) is 0 Å². The molecule has 7 heteroatoms. The minimum atomic E-state index is -0.467. The summed E-state index contributed by atoms with van der Waals surface area (Å²) in [6.45, 7) is 3.86. The standard InChI is InChI=1S/C14H18N4O3/c1-10(2)18-13(16-9-17-18)7-21-14(19)8-20-12-5-3-11(15)4-6-12/h3-6,9-10H,7-8,15H2,1-2H3. The number of nitrogens with two attached hydrogens (primary N) is 1. The van der Waals surface area contributed by atoms with Crippen LogP contribution in [0.3, 0.4) is 0 Å². The number of rotatable bonds is 6. The highest BCUT2D eigenvalue weighted by Crippen LogP contribution is 2.13. The van der Waals surface area contributed by atoms with Crippen molar-refractivity contribution in [3.63, 3.8) is 0 Å². The average Bonchev–Trinajstić information content (AvgIpc) is 2.93. The van der Waals surface area contributed by atoms with Crippen molar-refractivity contribution < 1.29 is 14.3 Å². The number of anilines is 1. The van der Waals surface area contributed by atoms with Gasteiger partial charge in [0, 0.05) is 11.7 Å². The number of hydrogen-bond donors (Lipinski definition) is 1. The van der Waals surface area contributed by atoms with Crippen LogP contribution in [-0.4, -0.2) is 27.3 Å². The topological polar surface area (TPSA) is 92.3 Å². The van der Waals surface area contributed by atoms with Crippen molar-refractivity contribution in [2.24, 2.45) is 0 Å². The van der Waals surface area contributed by atoms with Crippen LogP contribution >= 0.6 is 0 Å². The maximum absolute atomic E-state index is 11.6. The van der Waals surface area contributed by atoms with Crippen LogP contribution in [0.5, 0.6) is 5.75 Å². The van der Waals surface area contributed by atoms with Crippen molar-refractivity contribution in [2.45, 2.75) is 26.5 Å². The summed E-state index contributed by atoms with van der Waals surface area (Å²) in [6.07, 6.45) is 1.44. The van der Waals surface area contributed by atoms with Crippen LogP contribution in [-0.2, 0) is 16.1 Å². The number of nitrogens with zero attached hydrogens (tertiary/aromatic N) is 3. The normalized spacial score (nSPS) is 10.6. The third-order valence-electron chi connectivity index (χ3n) is 2.74. The number of nitrogen functional groups attached to an aromatic ring is 1. The van der Waals surface area contributed by atoms with Gasteiger partial charge in [0.05, 0.1) is 0 Å². The van der Waals surface area contributed by atoms with E-state index in [0.717, 1.165) is 0 Å². The molecule has 2 rings (SSSR count). The molecule has 21 heavy (non-hydrogen) atoms. The maximum atomic E-state index is 11.6. The zero-order valence-electron chi connectivity index (χ0n) is 12.0. The molecule has 7 nitrogen and oxygen atoms in total. The van der Waals surface area contributed by atoms with Crippen LogP contribution in [0.25, 0.3) is 0 Å². The Labute approximate surface area is 122 Å². The monoisotopic (exact) mass is 290 g/mol. The molecule has 0 spiro atoms. The lowest BCUT2D eigenvalue weighted by Crippen LogP contribution is -2.17. The van der Waals surface area contributed by atoms with E-state index in [-0.39, 0.29) is 19.3 Å². The first-order valence-electron chi connectivity index (χ1n) is 6.58. The fourth-order valence-corrected chi connectivity index (χ4v) is 1.70. The number of ether oxygens (including phenoxy) is 2. The molecule has 0 unspecified atom stereocenters. The van der Waals surface area contributed by atoms with Crippen molar-refractivity contribution in [2.75, 3.05) is 12.3 Å². The molecule has 0 fully saturated rings. The van der Waals surface area contributed by atoms with E-state index in [4.69, 9.17) is 15.2 Å². The van der Waals surface area contributed by atoms with Gasteiger partial charge in [0.1, 0.15) is 12.1 Å². The zero-order chi connectivity index (χ0) is 15.2. The fraction of sp³-hybridized carbons (Fsp3) is 0.357. The summed E-state index contributed by atoms with van der Waals surface area (Å²) in [7, 11) is 0. The Morgan fingerprint density at radius 2 is 2.05 bits per heavy atom. The molecule has 112 valence electrons. The van der Waals surface area contributed by atoms with E-state index in [1.54, 1.807) is 28.9 Å². The average molecular weight is 290 g/mol. The van der Waals surface area contributed by atoms with Gasteiger partial charge in [-0.15, -0.1) is 0 Å². The molecule has 0 aliphatic rings. The lowest BCUT2D eigenvalue weighted by molar-refractivity contribution is -0.147. The second-order valence-corrected chi connectivity index (χ2v) is 4.73. The third-order valence-corrected chi connectivity index (χ3v) is 2.74. The molecule has 1 aromatic carbocycles. The van der Waals surface area contributed by atoms with E-state index in [0.29, 0.717) is 17.3 Å². The lowest BCUT2D eigenvalue weighted by Gasteiger charge is -2.10. The van der Waals surface area contributed by atoms with Crippen molar-refractivity contribution >= 4 is 11.7 Å². The van der Waals surface area contributed by atoms with Gasteiger partial charge in [-0.1, -0.05) is 0 Å². The highest BCUT2D eigenvalue weighted by molar-refractivity contribution is 5.71. The van der Waals surface area contributed by atoms with E-state index in [1.165, 1.54) is 6.33 Å². The van der Waals surface area contributed by atoms with Gasteiger partial charge < -0.3 is 15.2 Å². The summed E-state index contributed by atoms with van der Waals surface area (Å²) >= 11 is 0. The second kappa shape index (κ2) is 6.74. The Morgan fingerprint density at radius 3 is 2.71 bits per heavy atom. The Bertz CT molecular complexity index is 593. The van der Waals surface area contributed by atoms with Crippen LogP contribution in [0.1, 0.15) is 25.7 Å². The predicted molar refractivity (Wildman–Crippen MR) is 76.6 cm³/mol. The second-order valence-electron chi connectivity index (χ2n) is 4.73. The van der Waals surface area contributed by atoms with Gasteiger partial charge in [-0.3, -0.25) is 0 Å². The molecule has 1 aromatic heterocycles. The van der Waals surface area contributed by atoms with E-state index in [1.807, 2.05) is 13.8 Å². The smallest absolute Gasteiger partial charge is 0.344 e. The van der Waals surface area contributed by atoms with Gasteiger partial charge in [0.2, 0.25) is 0 Å². The number of carbonyl (C=O) groups excluding carboxylic acids is 1. The number of hydrogen-bond acceptors (Lipinski definition) is 6. The zero-order valence-corrected chi connectivity index (χ0v) is 12.0. The molecule has 0 radical (unpaired) electrons. The van der Waals surface area contributed by atoms with Gasteiger partial charge in [-0.2, -0.15) is 5.10 Å². The Morgan fingerprint density at radius 1 is 1.33 bits per heavy atom. The molecule has 0 saturated carbocycles. The third kappa shape index (κ3) is 4.20. The Kier molecular flexibility index (Phi) is 4.76. The summed E-state index contributed by atoms with van der Waals surface area (Å²) in [6, 6.07) is 6.94. The highest BCUT2D eigenvalue weighted by Gasteiger charge is 2.11. The number of esters is 1. The van der Waals surface area contributed by atoms with E-state index in [9.17, 15) is 4.79 Å². The molecule has 2 aromatic rings. The van der Waals surface area contributed by atoms with Crippen LogP contribution in [0.15, 0.2) is 30.6 Å². The lowest BCUT2D eigenvalue weighted by atomic mass is 10.3. The molecule has 0 atom stereocenters. The van der Waals surface area contributed by atoms with Gasteiger partial charge in [0.15, 0.2) is 19.0 Å². The van der Waals surface area contributed by atoms with Crippen molar-refractivity contribution in [3.8, 4) is 5.75 Å². The molecule has 0 saturated heterocycles. The molecule has 0 aliphatic carbocycles. The quantitative estimate of drug-likeness (QED) is 0.641. The van der Waals surface area contributed by atoms with Crippen LogP contribution in [0, 0.1) is 0 Å². The van der Waals surface area contributed by atoms with Crippen LogP contribution < -0.4 is 10.5 Å². The number of benzene rings is 1. The van der Waals surface area contributed by atoms with Gasteiger partial charge >= 0.3 is 5.97 Å². The van der Waals surface area contributed by atoms with Crippen molar-refractivity contribution in [3.05, 3.63) is 36.4 Å². The Hall–Kier alpha value is -2.57. The SMILES string of the molecule is CC(C)n1ncnc1COC(=O)COc1ccc(N)cc1. The van der Waals surface area contributed by atoms with Crippen molar-refractivity contribution in [1.82, 2.24) is 14.8 Å². The minimum Gasteiger partial charge on any atom is -0.482 e. The maximum Gasteiger partial charge on any atom is 0.344 e.